The van der Waals surface area contributed by atoms with Gasteiger partial charge in [0, 0.05) is 8.04 Å². The number of hydrogen-bond donors (Lipinski definition) is 1. The summed E-state index contributed by atoms with van der Waals surface area (Å²) in [6.07, 6.45) is 0. The first-order chi connectivity index (χ1) is 8.66. The molecule has 3 rings (SSSR count). The van der Waals surface area contributed by atoms with Crippen LogP contribution in [0.2, 0.25) is 0 Å². The largest absolute Gasteiger partial charge is 0.369 e. The van der Waals surface area contributed by atoms with Crippen LogP contribution in [0.4, 0.5) is 5.95 Å². The number of benzene rings is 2. The zero-order valence-corrected chi connectivity index (χ0v) is 13.0. The fourth-order valence-electron chi connectivity index (χ4n) is 1.96. The van der Waals surface area contributed by atoms with Crippen molar-refractivity contribution >= 4 is 55.5 Å². The molecule has 1 aromatic heterocycles. The van der Waals surface area contributed by atoms with E-state index in [2.05, 4.69) is 49.6 Å². The number of nitrogen functional groups attached to an aromatic ring is 1. The first-order valence-electron chi connectivity index (χ1n) is 5.35. The van der Waals surface area contributed by atoms with Crippen LogP contribution in [0.5, 0.6) is 0 Å². The molecule has 5 heteroatoms. The fourth-order valence-corrected chi connectivity index (χ4v) is 2.94. The zero-order valence-electron chi connectivity index (χ0n) is 9.27. The number of halogens is 2. The summed E-state index contributed by atoms with van der Waals surface area (Å²) < 4.78 is 4.12. The van der Waals surface area contributed by atoms with E-state index in [-0.39, 0.29) is 0 Å². The Kier molecular flexibility index (Phi) is 3.03. The van der Waals surface area contributed by atoms with E-state index < -0.39 is 0 Å². The molecule has 90 valence electrons. The summed E-state index contributed by atoms with van der Waals surface area (Å²) in [5.74, 6) is 0.507. The van der Waals surface area contributed by atoms with Gasteiger partial charge in [-0.05, 0) is 52.9 Å². The molecule has 1 heterocycles. The Bertz CT molecular complexity index is 736. The number of fused-ring (bicyclic) bond motifs is 1. The number of nitrogens with zero attached hydrogens (tertiary/aromatic N) is 2. The van der Waals surface area contributed by atoms with Crippen molar-refractivity contribution in [1.29, 1.82) is 0 Å². The molecule has 0 amide bonds. The molecule has 0 unspecified atom stereocenters. The van der Waals surface area contributed by atoms with Crippen molar-refractivity contribution in [3.8, 4) is 5.69 Å². The zero-order chi connectivity index (χ0) is 12.7. The molecule has 0 bridgehead atoms. The molecule has 0 aliphatic heterocycles. The van der Waals surface area contributed by atoms with Crippen LogP contribution in [0.1, 0.15) is 0 Å². The maximum absolute atomic E-state index is 6.04. The second-order valence-electron chi connectivity index (χ2n) is 3.89. The number of rotatable bonds is 1. The molecular formula is C13H9BrIN3. The van der Waals surface area contributed by atoms with E-state index in [9.17, 15) is 0 Å². The Morgan fingerprint density at radius 1 is 1.17 bits per heavy atom. The topological polar surface area (TPSA) is 43.8 Å². The highest BCUT2D eigenvalue weighted by molar-refractivity contribution is 14.1. The van der Waals surface area contributed by atoms with Gasteiger partial charge >= 0.3 is 0 Å². The SMILES string of the molecule is Nc1nc2cc(Br)ccc2n1-c1ccccc1I. The third kappa shape index (κ3) is 1.91. The van der Waals surface area contributed by atoms with Crippen LogP contribution in [-0.4, -0.2) is 9.55 Å². The number of imidazole rings is 1. The summed E-state index contributed by atoms with van der Waals surface area (Å²) in [4.78, 5) is 4.40. The number of aromatic nitrogens is 2. The van der Waals surface area contributed by atoms with Crippen LogP contribution in [0, 0.1) is 3.57 Å². The molecule has 0 spiro atoms. The lowest BCUT2D eigenvalue weighted by Gasteiger charge is -2.08. The van der Waals surface area contributed by atoms with E-state index in [1.807, 2.05) is 41.0 Å². The van der Waals surface area contributed by atoms with Crippen molar-refractivity contribution in [2.24, 2.45) is 0 Å². The Balaban J connectivity index is 2.36. The number of para-hydroxylation sites is 1. The van der Waals surface area contributed by atoms with Crippen LogP contribution in [0.25, 0.3) is 16.7 Å². The van der Waals surface area contributed by atoms with Gasteiger partial charge < -0.3 is 5.73 Å². The van der Waals surface area contributed by atoms with Crippen LogP contribution >= 0.6 is 38.5 Å². The van der Waals surface area contributed by atoms with E-state index in [1.165, 1.54) is 0 Å². The molecule has 0 aliphatic rings. The van der Waals surface area contributed by atoms with E-state index in [0.29, 0.717) is 5.95 Å². The predicted octanol–water partition coefficient (Wildman–Crippen LogP) is 3.97. The van der Waals surface area contributed by atoms with Crippen molar-refractivity contribution in [3.63, 3.8) is 0 Å². The van der Waals surface area contributed by atoms with Crippen molar-refractivity contribution in [2.75, 3.05) is 5.73 Å². The van der Waals surface area contributed by atoms with E-state index in [1.54, 1.807) is 0 Å². The highest BCUT2D eigenvalue weighted by atomic mass is 127. The van der Waals surface area contributed by atoms with Gasteiger partial charge in [0.25, 0.3) is 0 Å². The molecule has 0 atom stereocenters. The molecule has 0 saturated heterocycles. The molecule has 0 radical (unpaired) electrons. The minimum atomic E-state index is 0.507. The molecule has 18 heavy (non-hydrogen) atoms. The normalized spacial score (nSPS) is 11.0. The quantitative estimate of drug-likeness (QED) is 0.613. The van der Waals surface area contributed by atoms with E-state index >= 15 is 0 Å². The highest BCUT2D eigenvalue weighted by Crippen LogP contribution is 2.27. The summed E-state index contributed by atoms with van der Waals surface area (Å²) >= 11 is 5.75. The van der Waals surface area contributed by atoms with Gasteiger partial charge in [-0.1, -0.05) is 28.1 Å². The lowest BCUT2D eigenvalue weighted by molar-refractivity contribution is 1.10. The lowest BCUT2D eigenvalue weighted by atomic mass is 10.3. The van der Waals surface area contributed by atoms with Gasteiger partial charge in [0.2, 0.25) is 5.95 Å². The molecule has 0 aliphatic carbocycles. The van der Waals surface area contributed by atoms with Crippen LogP contribution in [0.3, 0.4) is 0 Å². The highest BCUT2D eigenvalue weighted by Gasteiger charge is 2.11. The molecule has 0 fully saturated rings. The molecule has 2 N–H and O–H groups in total. The summed E-state index contributed by atoms with van der Waals surface area (Å²) in [6, 6.07) is 14.1. The molecule has 3 nitrogen and oxygen atoms in total. The third-order valence-electron chi connectivity index (χ3n) is 2.74. The van der Waals surface area contributed by atoms with Gasteiger partial charge in [-0.25, -0.2) is 4.98 Å². The minimum absolute atomic E-state index is 0.507. The summed E-state index contributed by atoms with van der Waals surface area (Å²) in [6.45, 7) is 0. The van der Waals surface area contributed by atoms with E-state index in [0.717, 1.165) is 24.8 Å². The van der Waals surface area contributed by atoms with Gasteiger partial charge in [0.05, 0.1) is 16.7 Å². The van der Waals surface area contributed by atoms with Crippen LogP contribution < -0.4 is 5.73 Å². The van der Waals surface area contributed by atoms with Crippen molar-refractivity contribution < 1.29 is 0 Å². The molecule has 2 aromatic carbocycles. The van der Waals surface area contributed by atoms with Gasteiger partial charge in [-0.15, -0.1) is 0 Å². The number of anilines is 1. The predicted molar refractivity (Wildman–Crippen MR) is 85.9 cm³/mol. The second kappa shape index (κ2) is 4.55. The number of nitrogens with two attached hydrogens (primary N) is 1. The Labute approximate surface area is 126 Å². The Morgan fingerprint density at radius 2 is 1.94 bits per heavy atom. The third-order valence-corrected chi connectivity index (χ3v) is 4.14. The number of hydrogen-bond acceptors (Lipinski definition) is 2. The monoisotopic (exact) mass is 413 g/mol. The first-order valence-corrected chi connectivity index (χ1v) is 7.22. The Hall–Kier alpha value is -1.08. The van der Waals surface area contributed by atoms with Crippen molar-refractivity contribution in [1.82, 2.24) is 9.55 Å². The minimum Gasteiger partial charge on any atom is -0.369 e. The van der Waals surface area contributed by atoms with Gasteiger partial charge in [0.1, 0.15) is 0 Å². The average molecular weight is 414 g/mol. The van der Waals surface area contributed by atoms with Crippen LogP contribution in [0.15, 0.2) is 46.9 Å². The second-order valence-corrected chi connectivity index (χ2v) is 5.97. The smallest absolute Gasteiger partial charge is 0.205 e. The van der Waals surface area contributed by atoms with E-state index in [4.69, 9.17) is 5.73 Å². The van der Waals surface area contributed by atoms with Gasteiger partial charge in [0.15, 0.2) is 0 Å². The summed E-state index contributed by atoms with van der Waals surface area (Å²) in [5.41, 5.74) is 9.00. The van der Waals surface area contributed by atoms with Gasteiger partial charge in [-0.2, -0.15) is 0 Å². The lowest BCUT2D eigenvalue weighted by Crippen LogP contribution is -2.02. The average Bonchev–Trinajstić information content (AvgIpc) is 2.65. The first kappa shape index (κ1) is 12.0. The van der Waals surface area contributed by atoms with Gasteiger partial charge in [-0.3, -0.25) is 4.57 Å². The summed E-state index contributed by atoms with van der Waals surface area (Å²) in [5, 5.41) is 0. The molecule has 3 aromatic rings. The summed E-state index contributed by atoms with van der Waals surface area (Å²) in [7, 11) is 0. The van der Waals surface area contributed by atoms with Crippen molar-refractivity contribution in [3.05, 3.63) is 50.5 Å². The standard InChI is InChI=1S/C13H9BrIN3/c14-8-5-6-12-10(7-8)17-13(16)18(12)11-4-2-1-3-9(11)15/h1-7H,(H2,16,17). The van der Waals surface area contributed by atoms with Crippen LogP contribution in [-0.2, 0) is 0 Å². The fraction of sp³-hybridized carbons (Fsp3) is 0. The van der Waals surface area contributed by atoms with Crippen molar-refractivity contribution in [2.45, 2.75) is 0 Å². The molecular weight excluding hydrogens is 405 g/mol. The maximum Gasteiger partial charge on any atom is 0.205 e. The maximum atomic E-state index is 6.04. The molecule has 0 saturated carbocycles. The Morgan fingerprint density at radius 3 is 2.72 bits per heavy atom.